The Balaban J connectivity index is 1.61. The van der Waals surface area contributed by atoms with Crippen LogP contribution in [0.3, 0.4) is 0 Å². The number of halogens is 3. The van der Waals surface area contributed by atoms with Gasteiger partial charge in [0, 0.05) is 24.8 Å². The summed E-state index contributed by atoms with van der Waals surface area (Å²) in [6.07, 6.45) is -2.33. The van der Waals surface area contributed by atoms with Gasteiger partial charge in [-0.15, -0.1) is 0 Å². The lowest BCUT2D eigenvalue weighted by atomic mass is 9.98. The summed E-state index contributed by atoms with van der Waals surface area (Å²) < 4.78 is 37.5. The predicted octanol–water partition coefficient (Wildman–Crippen LogP) is 2.91. The van der Waals surface area contributed by atoms with Crippen molar-refractivity contribution in [2.45, 2.75) is 25.1 Å². The highest BCUT2D eigenvalue weighted by Crippen LogP contribution is 2.37. The highest BCUT2D eigenvalue weighted by molar-refractivity contribution is 5.89. The third-order valence-electron chi connectivity index (χ3n) is 4.66. The molecule has 22 heavy (non-hydrogen) atoms. The lowest BCUT2D eigenvalue weighted by molar-refractivity contribution is -0.137. The molecule has 1 aromatic rings. The van der Waals surface area contributed by atoms with Crippen LogP contribution in [0, 0.1) is 11.8 Å². The van der Waals surface area contributed by atoms with Crippen molar-refractivity contribution in [1.82, 2.24) is 4.90 Å². The quantitative estimate of drug-likeness (QED) is 0.837. The number of nitrogens with two attached hydrogens (primary N) is 1. The van der Waals surface area contributed by atoms with Gasteiger partial charge in [0.1, 0.15) is 0 Å². The predicted molar refractivity (Wildman–Crippen MR) is 76.2 cm³/mol. The number of alkyl halides is 3. The number of nitrogens with zero attached hydrogens (tertiary/aromatic N) is 1. The Morgan fingerprint density at radius 3 is 2.45 bits per heavy atom. The maximum absolute atomic E-state index is 12.5. The standard InChI is InChI=1S/C15H18F3N3O/c16-15(17,18)10-2-4-11(5-3-10)20-14(22)21-7-9-1-6-13(19)12(9)8-21/h2-5,9,12-13H,1,6-8,19H2,(H,20,22). The molecule has 0 aromatic heterocycles. The number of rotatable bonds is 1. The Morgan fingerprint density at radius 2 is 1.86 bits per heavy atom. The van der Waals surface area contributed by atoms with E-state index in [2.05, 4.69) is 5.32 Å². The van der Waals surface area contributed by atoms with Crippen LogP contribution in [0.1, 0.15) is 18.4 Å². The molecule has 120 valence electrons. The summed E-state index contributed by atoms with van der Waals surface area (Å²) in [5.74, 6) is 0.798. The molecule has 1 aliphatic carbocycles. The topological polar surface area (TPSA) is 58.4 Å². The smallest absolute Gasteiger partial charge is 0.327 e. The molecule has 2 aliphatic rings. The summed E-state index contributed by atoms with van der Waals surface area (Å²) in [6, 6.07) is 4.33. The van der Waals surface area contributed by atoms with Crippen molar-refractivity contribution >= 4 is 11.7 Å². The number of likely N-dealkylation sites (tertiary alicyclic amines) is 1. The average molecular weight is 313 g/mol. The molecule has 7 heteroatoms. The maximum Gasteiger partial charge on any atom is 0.416 e. The molecule has 4 nitrogen and oxygen atoms in total. The number of nitrogens with one attached hydrogen (secondary N) is 1. The van der Waals surface area contributed by atoms with Gasteiger partial charge >= 0.3 is 12.2 Å². The average Bonchev–Trinajstić information content (AvgIpc) is 3.01. The molecule has 1 aromatic carbocycles. The molecular weight excluding hydrogens is 295 g/mol. The number of amides is 2. The van der Waals surface area contributed by atoms with E-state index >= 15 is 0 Å². The van der Waals surface area contributed by atoms with Crippen LogP contribution in [-0.4, -0.2) is 30.1 Å². The number of carbonyl (C=O) groups excluding carboxylic acids is 1. The normalized spacial score (nSPS) is 27.8. The van der Waals surface area contributed by atoms with Gasteiger partial charge in [0.15, 0.2) is 0 Å². The van der Waals surface area contributed by atoms with Crippen LogP contribution in [0.4, 0.5) is 23.7 Å². The Bertz CT molecular complexity index is 558. The van der Waals surface area contributed by atoms with E-state index in [-0.39, 0.29) is 12.1 Å². The highest BCUT2D eigenvalue weighted by atomic mass is 19.4. The SMILES string of the molecule is NC1CCC2CN(C(=O)Nc3ccc(C(F)(F)F)cc3)CC12. The van der Waals surface area contributed by atoms with Crippen molar-refractivity contribution in [3.63, 3.8) is 0 Å². The van der Waals surface area contributed by atoms with Gasteiger partial charge in [-0.1, -0.05) is 0 Å². The van der Waals surface area contributed by atoms with E-state index < -0.39 is 11.7 Å². The van der Waals surface area contributed by atoms with Crippen molar-refractivity contribution in [2.24, 2.45) is 17.6 Å². The molecular formula is C15H18F3N3O. The van der Waals surface area contributed by atoms with Crippen LogP contribution >= 0.6 is 0 Å². The van der Waals surface area contributed by atoms with E-state index in [9.17, 15) is 18.0 Å². The molecule has 2 fully saturated rings. The van der Waals surface area contributed by atoms with Crippen molar-refractivity contribution in [1.29, 1.82) is 0 Å². The molecule has 1 saturated carbocycles. The monoisotopic (exact) mass is 313 g/mol. The fraction of sp³-hybridized carbons (Fsp3) is 0.533. The summed E-state index contributed by atoms with van der Waals surface area (Å²) >= 11 is 0. The van der Waals surface area contributed by atoms with Gasteiger partial charge in [0.2, 0.25) is 0 Å². The minimum Gasteiger partial charge on any atom is -0.327 e. The molecule has 0 bridgehead atoms. The molecule has 2 amide bonds. The van der Waals surface area contributed by atoms with E-state index in [1.165, 1.54) is 12.1 Å². The summed E-state index contributed by atoms with van der Waals surface area (Å²) in [5, 5.41) is 2.65. The summed E-state index contributed by atoms with van der Waals surface area (Å²) in [4.78, 5) is 13.9. The Kier molecular flexibility index (Phi) is 3.76. The number of fused-ring (bicyclic) bond motifs is 1. The third-order valence-corrected chi connectivity index (χ3v) is 4.66. The van der Waals surface area contributed by atoms with Gasteiger partial charge in [-0.25, -0.2) is 4.79 Å². The van der Waals surface area contributed by atoms with Crippen LogP contribution in [0.2, 0.25) is 0 Å². The second kappa shape index (κ2) is 5.46. The molecule has 3 unspecified atom stereocenters. The Hall–Kier alpha value is -1.76. The van der Waals surface area contributed by atoms with E-state index in [1.807, 2.05) is 0 Å². The van der Waals surface area contributed by atoms with Crippen LogP contribution in [0.25, 0.3) is 0 Å². The van der Waals surface area contributed by atoms with Crippen molar-refractivity contribution in [2.75, 3.05) is 18.4 Å². The first-order valence-electron chi connectivity index (χ1n) is 7.33. The molecule has 1 aliphatic heterocycles. The van der Waals surface area contributed by atoms with Gasteiger partial charge < -0.3 is 16.0 Å². The van der Waals surface area contributed by atoms with Crippen LogP contribution in [0.15, 0.2) is 24.3 Å². The van der Waals surface area contributed by atoms with Crippen LogP contribution < -0.4 is 11.1 Å². The van der Waals surface area contributed by atoms with Crippen LogP contribution in [-0.2, 0) is 6.18 Å². The zero-order valence-corrected chi connectivity index (χ0v) is 11.9. The second-order valence-corrected chi connectivity index (χ2v) is 6.08. The van der Waals surface area contributed by atoms with Crippen molar-refractivity contribution in [3.05, 3.63) is 29.8 Å². The molecule has 1 heterocycles. The first kappa shape index (κ1) is 15.1. The fourth-order valence-electron chi connectivity index (χ4n) is 3.42. The molecule has 1 saturated heterocycles. The third kappa shape index (κ3) is 2.90. The van der Waals surface area contributed by atoms with E-state index in [4.69, 9.17) is 5.73 Å². The summed E-state index contributed by atoms with van der Waals surface area (Å²) in [5.41, 5.74) is 5.66. The number of hydrogen-bond donors (Lipinski definition) is 2. The summed E-state index contributed by atoms with van der Waals surface area (Å²) in [7, 11) is 0. The minimum absolute atomic E-state index is 0.147. The van der Waals surface area contributed by atoms with Gasteiger partial charge in [-0.05, 0) is 48.9 Å². The van der Waals surface area contributed by atoms with Crippen LogP contribution in [0.5, 0.6) is 0 Å². The molecule has 0 spiro atoms. The van der Waals surface area contributed by atoms with Gasteiger partial charge in [-0.2, -0.15) is 13.2 Å². The highest BCUT2D eigenvalue weighted by Gasteiger charge is 2.42. The second-order valence-electron chi connectivity index (χ2n) is 6.08. The van der Waals surface area contributed by atoms with Crippen molar-refractivity contribution in [3.8, 4) is 0 Å². The fourth-order valence-corrected chi connectivity index (χ4v) is 3.42. The van der Waals surface area contributed by atoms with Gasteiger partial charge in [-0.3, -0.25) is 0 Å². The van der Waals surface area contributed by atoms with Gasteiger partial charge in [0.25, 0.3) is 0 Å². The van der Waals surface area contributed by atoms with E-state index in [1.54, 1.807) is 4.90 Å². The lowest BCUT2D eigenvalue weighted by Crippen LogP contribution is -2.36. The van der Waals surface area contributed by atoms with E-state index in [0.29, 0.717) is 30.6 Å². The van der Waals surface area contributed by atoms with E-state index in [0.717, 1.165) is 25.0 Å². The molecule has 3 atom stereocenters. The molecule has 3 N–H and O–H groups in total. The number of benzene rings is 1. The van der Waals surface area contributed by atoms with Crippen molar-refractivity contribution < 1.29 is 18.0 Å². The Labute approximate surface area is 126 Å². The number of hydrogen-bond acceptors (Lipinski definition) is 2. The zero-order chi connectivity index (χ0) is 15.9. The number of anilines is 1. The number of carbonyl (C=O) groups is 1. The largest absolute Gasteiger partial charge is 0.416 e. The molecule has 0 radical (unpaired) electrons. The number of urea groups is 1. The zero-order valence-electron chi connectivity index (χ0n) is 11.9. The lowest BCUT2D eigenvalue weighted by Gasteiger charge is -2.19. The first-order chi connectivity index (χ1) is 10.3. The molecule has 3 rings (SSSR count). The summed E-state index contributed by atoms with van der Waals surface area (Å²) in [6.45, 7) is 1.29. The maximum atomic E-state index is 12.5. The Morgan fingerprint density at radius 1 is 1.18 bits per heavy atom. The van der Waals surface area contributed by atoms with Gasteiger partial charge in [0.05, 0.1) is 5.56 Å². The minimum atomic E-state index is -4.37. The first-order valence-corrected chi connectivity index (χ1v) is 7.33.